The average Bonchev–Trinajstić information content (AvgIpc) is 1.61. The number of unbranched alkanes of at least 4 members (excludes halogenated alkanes) is 23. The number of nitrogens with zero attached hydrogens (tertiary/aromatic N) is 9. The number of hydrogen-bond donors (Lipinski definition) is 3. The molecule has 0 spiro atoms. The molecule has 0 saturated carbocycles. The zero-order valence-corrected chi connectivity index (χ0v) is 63.9. The number of fused-ring (bicyclic) bond motifs is 3. The summed E-state index contributed by atoms with van der Waals surface area (Å²) in [5.41, 5.74) is 2.09. The van der Waals surface area contributed by atoms with Gasteiger partial charge in [-0.15, -0.1) is 5.10 Å². The number of methoxy groups -OCH3 is 1. The van der Waals surface area contributed by atoms with Gasteiger partial charge in [-0.05, 0) is 61.7 Å². The van der Waals surface area contributed by atoms with E-state index < -0.39 is 44.6 Å². The van der Waals surface area contributed by atoms with Crippen LogP contribution in [0.15, 0.2) is 65.4 Å². The van der Waals surface area contributed by atoms with Gasteiger partial charge < -0.3 is 47.7 Å². The summed E-state index contributed by atoms with van der Waals surface area (Å²) in [6.45, 7) is 10.3. The van der Waals surface area contributed by atoms with Crippen molar-refractivity contribution in [1.29, 1.82) is 0 Å². The van der Waals surface area contributed by atoms with E-state index in [1.807, 2.05) is 39.4 Å². The first-order valence-electron chi connectivity index (χ1n) is 37.3. The number of phosphoric ester groups is 1. The number of amides is 2. The number of benzene rings is 1. The van der Waals surface area contributed by atoms with Crippen LogP contribution in [-0.4, -0.2) is 198 Å². The van der Waals surface area contributed by atoms with Gasteiger partial charge in [-0.25, -0.2) is 19.0 Å². The van der Waals surface area contributed by atoms with Crippen molar-refractivity contribution in [3.8, 4) is 17.3 Å². The van der Waals surface area contributed by atoms with Crippen molar-refractivity contribution < 1.29 is 70.3 Å². The SMILES string of the molecule is CCCCCCCCCCCCC/C=C/[C@@H](OC(=O)CCC(=O)OCCSSCCOC(=O)Nc1nc2c(cnn2CCN2CCN(c3ccc(OCCOC)cc3)CC2)c2nc(-c3ccco3)nn12)[C@H](COP(=O)(O)OCC[N+](C)(C)C)NC(=O)CCCCCCCCCCCCCCC. The average molecular weight is 1470 g/mol. The zero-order chi connectivity index (χ0) is 72.2. The monoisotopic (exact) mass is 1470 g/mol. The van der Waals surface area contributed by atoms with Crippen molar-refractivity contribution in [1.82, 2.24) is 39.6 Å². The summed E-state index contributed by atoms with van der Waals surface area (Å²) in [7, 11) is 5.73. The molecule has 101 heavy (non-hydrogen) atoms. The molecule has 566 valence electrons. The predicted molar refractivity (Wildman–Crippen MR) is 401 cm³/mol. The van der Waals surface area contributed by atoms with Gasteiger partial charge in [-0.2, -0.15) is 14.6 Å². The van der Waals surface area contributed by atoms with E-state index in [1.165, 1.54) is 142 Å². The predicted octanol–water partition coefficient (Wildman–Crippen LogP) is 14.8. The topological polar surface area (TPSA) is 275 Å². The van der Waals surface area contributed by atoms with Crippen LogP contribution in [0.5, 0.6) is 5.75 Å². The molecule has 4 aromatic heterocycles. The molecule has 28 heteroatoms. The lowest BCUT2D eigenvalue weighted by Crippen LogP contribution is -2.47. The lowest BCUT2D eigenvalue weighted by atomic mass is 10.0. The molecule has 3 N–H and O–H groups in total. The van der Waals surface area contributed by atoms with E-state index in [-0.39, 0.29) is 50.9 Å². The molecule has 1 aromatic carbocycles. The number of ether oxygens (including phenoxy) is 5. The number of allylic oxidation sites excluding steroid dienone is 1. The van der Waals surface area contributed by atoms with Crippen LogP contribution in [0.4, 0.5) is 16.4 Å². The van der Waals surface area contributed by atoms with Gasteiger partial charge in [0.2, 0.25) is 17.7 Å². The molecule has 5 heterocycles. The molecule has 5 aromatic rings. The standard InChI is InChI=1S/C73H118N11O14PS2/c1-7-9-11-13-15-17-19-21-23-25-27-29-31-34-64(63(59-97-99(89,90)96-51-49-84(3,4)5)75-66(85)36-32-30-28-26-24-22-20-18-16-14-12-10-8-2)98-68(87)42-41-67(86)94-54-56-100-101-57-55-95-73(88)78-72-77-70-62(71-76-69(79-83(71)72)65-35-33-50-93-65)58-74-82(70)48-45-80-43-46-81(47-44-80)60-37-39-61(40-38-60)92-53-52-91-6/h31,33-35,37-40,50,58,63-64H,7-30,32,36,41-49,51-57,59H2,1-6H3,(H2-,74,75,76,77,78,79,85,88,89,90)/p+1/b34-31+/t63-,64+/m0/s1. The second-order valence-corrected chi connectivity index (χ2v) is 31.1. The first kappa shape index (κ1) is 84.2. The smallest absolute Gasteiger partial charge is 0.472 e. The van der Waals surface area contributed by atoms with E-state index in [4.69, 9.17) is 52.2 Å². The van der Waals surface area contributed by atoms with Gasteiger partial charge in [0.05, 0.1) is 77.6 Å². The van der Waals surface area contributed by atoms with Gasteiger partial charge in [0.15, 0.2) is 17.1 Å². The summed E-state index contributed by atoms with van der Waals surface area (Å²) >= 11 is 0. The summed E-state index contributed by atoms with van der Waals surface area (Å²) in [6.07, 6.45) is 33.8. The number of likely N-dealkylation sites (N-methyl/N-ethyl adjacent to an activating group) is 1. The van der Waals surface area contributed by atoms with Crippen molar-refractivity contribution in [3.63, 3.8) is 0 Å². The van der Waals surface area contributed by atoms with Crippen molar-refractivity contribution in [2.24, 2.45) is 0 Å². The Bertz CT molecular complexity index is 3180. The number of phosphoric acid groups is 1. The fourth-order valence-electron chi connectivity index (χ4n) is 11.6. The van der Waals surface area contributed by atoms with Crippen molar-refractivity contribution in [2.45, 2.75) is 212 Å². The normalized spacial score (nSPS) is 14.2. The van der Waals surface area contributed by atoms with E-state index >= 15 is 0 Å². The summed E-state index contributed by atoms with van der Waals surface area (Å²) in [6, 6.07) is 10.6. The van der Waals surface area contributed by atoms with Crippen LogP contribution >= 0.6 is 29.4 Å². The Hall–Kier alpha value is -5.77. The molecule has 1 unspecified atom stereocenters. The number of hydrogen-bond acceptors (Lipinski definition) is 21. The number of furan rings is 1. The van der Waals surface area contributed by atoms with Gasteiger partial charge in [0, 0.05) is 63.4 Å². The zero-order valence-electron chi connectivity index (χ0n) is 61.4. The molecule has 1 aliphatic rings. The lowest BCUT2D eigenvalue weighted by molar-refractivity contribution is -0.870. The maximum absolute atomic E-state index is 13.6. The molecule has 1 fully saturated rings. The molecular formula is C73H119N11O14PS2+. The van der Waals surface area contributed by atoms with Gasteiger partial charge in [-0.1, -0.05) is 183 Å². The Kier molecular flexibility index (Phi) is 40.9. The van der Waals surface area contributed by atoms with Crippen molar-refractivity contribution >= 4 is 81.7 Å². The molecule has 0 aliphatic carbocycles. The second-order valence-electron chi connectivity index (χ2n) is 27.0. The number of quaternary nitrogens is 1. The Labute approximate surface area is 608 Å². The molecule has 0 radical (unpaired) electrons. The minimum absolute atomic E-state index is 0.0441. The van der Waals surface area contributed by atoms with Crippen LogP contribution in [0.25, 0.3) is 28.3 Å². The van der Waals surface area contributed by atoms with E-state index in [9.17, 15) is 28.6 Å². The van der Waals surface area contributed by atoms with Crippen LogP contribution in [-0.2, 0) is 53.5 Å². The van der Waals surface area contributed by atoms with Gasteiger partial charge >= 0.3 is 25.9 Å². The van der Waals surface area contributed by atoms with Gasteiger partial charge in [0.1, 0.15) is 44.8 Å². The minimum atomic E-state index is -4.59. The first-order valence-corrected chi connectivity index (χ1v) is 41.3. The van der Waals surface area contributed by atoms with E-state index in [0.717, 1.165) is 82.7 Å². The fraction of sp³-hybridized carbons (Fsp3) is 0.699. The quantitative estimate of drug-likeness (QED) is 0.00620. The number of carbonyl (C=O) groups is 4. The van der Waals surface area contributed by atoms with Crippen molar-refractivity contribution in [3.05, 3.63) is 61.0 Å². The van der Waals surface area contributed by atoms with Crippen LogP contribution in [0.3, 0.4) is 0 Å². The largest absolute Gasteiger partial charge is 0.491 e. The van der Waals surface area contributed by atoms with Crippen molar-refractivity contribution in [2.75, 3.05) is 129 Å². The molecule has 1 aliphatic heterocycles. The Morgan fingerprint density at radius 3 is 1.92 bits per heavy atom. The second kappa shape index (κ2) is 49.0. The number of carbonyl (C=O) groups excluding carboxylic acids is 4. The summed E-state index contributed by atoms with van der Waals surface area (Å²) in [5, 5.41) is 15.7. The highest BCUT2D eigenvalue weighted by Gasteiger charge is 2.31. The number of esters is 2. The van der Waals surface area contributed by atoms with Gasteiger partial charge in [0.25, 0.3) is 0 Å². The van der Waals surface area contributed by atoms with E-state index in [0.29, 0.717) is 83.4 Å². The Morgan fingerprint density at radius 1 is 0.693 bits per heavy atom. The number of anilines is 2. The summed E-state index contributed by atoms with van der Waals surface area (Å²) < 4.78 is 61.3. The molecule has 0 bridgehead atoms. The number of piperazine rings is 1. The molecular weight excluding hydrogens is 1350 g/mol. The molecule has 1 saturated heterocycles. The third kappa shape index (κ3) is 34.6. The maximum Gasteiger partial charge on any atom is 0.472 e. The first-order chi connectivity index (χ1) is 49.0. The molecule has 3 atom stereocenters. The Balaban J connectivity index is 0.951. The highest BCUT2D eigenvalue weighted by molar-refractivity contribution is 8.76. The van der Waals surface area contributed by atoms with Gasteiger partial charge in [-0.3, -0.25) is 33.6 Å². The highest BCUT2D eigenvalue weighted by atomic mass is 33.1. The number of rotatable bonds is 57. The van der Waals surface area contributed by atoms with Crippen LogP contribution in [0.2, 0.25) is 0 Å². The van der Waals surface area contributed by atoms with E-state index in [2.05, 4.69) is 51.5 Å². The van der Waals surface area contributed by atoms with Crippen LogP contribution in [0, 0.1) is 0 Å². The summed E-state index contributed by atoms with van der Waals surface area (Å²) in [4.78, 5) is 78.8. The number of nitrogens with one attached hydrogen (secondary N) is 2. The third-order valence-corrected chi connectivity index (χ3v) is 20.8. The highest BCUT2D eigenvalue weighted by Crippen LogP contribution is 2.43. The number of aromatic nitrogens is 6. The lowest BCUT2D eigenvalue weighted by Gasteiger charge is -2.36. The molecule has 6 rings (SSSR count). The molecule has 25 nitrogen and oxygen atoms in total. The van der Waals surface area contributed by atoms with Crippen LogP contribution in [0.1, 0.15) is 194 Å². The summed E-state index contributed by atoms with van der Waals surface area (Å²) in [5.74, 6) is 0.888. The fourth-order valence-corrected chi connectivity index (χ4v) is 14.0. The minimum Gasteiger partial charge on any atom is -0.491 e. The maximum atomic E-state index is 13.6. The molecule has 2 amide bonds. The van der Waals surface area contributed by atoms with E-state index in [1.54, 1.807) is 36.2 Å². The van der Waals surface area contributed by atoms with Crippen LogP contribution < -0.4 is 20.3 Å². The Morgan fingerprint density at radius 2 is 1.31 bits per heavy atom. The third-order valence-electron chi connectivity index (χ3n) is 17.5.